The van der Waals surface area contributed by atoms with Crippen LogP contribution in [0.2, 0.25) is 0 Å². The van der Waals surface area contributed by atoms with E-state index in [1.807, 2.05) is 13.0 Å². The molecule has 0 saturated heterocycles. The number of para-hydroxylation sites is 1. The molecule has 1 unspecified atom stereocenters. The average molecular weight is 556 g/mol. The first kappa shape index (κ1) is 27.7. The third-order valence-corrected chi connectivity index (χ3v) is 7.67. The van der Waals surface area contributed by atoms with Crippen LogP contribution in [0.3, 0.4) is 0 Å². The van der Waals surface area contributed by atoms with Gasteiger partial charge in [-0.15, -0.1) is 10.2 Å². The highest BCUT2D eigenvalue weighted by molar-refractivity contribution is 7.93. The van der Waals surface area contributed by atoms with Gasteiger partial charge < -0.3 is 18.9 Å². The van der Waals surface area contributed by atoms with E-state index in [9.17, 15) is 8.42 Å². The summed E-state index contributed by atoms with van der Waals surface area (Å²) >= 11 is 0. The first-order valence-electron chi connectivity index (χ1n) is 11.7. The monoisotopic (exact) mass is 555 g/mol. The second kappa shape index (κ2) is 11.6. The van der Waals surface area contributed by atoms with Crippen LogP contribution < -0.4 is 18.9 Å². The van der Waals surface area contributed by atoms with Gasteiger partial charge in [0.1, 0.15) is 28.5 Å². The van der Waals surface area contributed by atoms with Gasteiger partial charge in [0.15, 0.2) is 5.82 Å². The van der Waals surface area contributed by atoms with Crippen molar-refractivity contribution in [2.75, 3.05) is 33.2 Å². The molecule has 0 aliphatic carbocycles. The molecule has 1 N–H and O–H groups in total. The zero-order valence-corrected chi connectivity index (χ0v) is 23.1. The number of anilines is 1. The van der Waals surface area contributed by atoms with Crippen LogP contribution >= 0.6 is 0 Å². The Bertz CT molecular complexity index is 1520. The van der Waals surface area contributed by atoms with Gasteiger partial charge in [-0.1, -0.05) is 6.07 Å². The van der Waals surface area contributed by atoms with Crippen LogP contribution in [-0.2, 0) is 14.8 Å². The maximum Gasteiger partial charge on any atom is 0.243 e. The van der Waals surface area contributed by atoms with Gasteiger partial charge in [0.2, 0.25) is 21.9 Å². The van der Waals surface area contributed by atoms with E-state index >= 15 is 0 Å². The maximum absolute atomic E-state index is 13.7. The van der Waals surface area contributed by atoms with E-state index in [2.05, 4.69) is 29.9 Å². The molecule has 4 aromatic rings. The highest BCUT2D eigenvalue weighted by Gasteiger charge is 2.34. The van der Waals surface area contributed by atoms with E-state index in [1.54, 1.807) is 30.6 Å². The Balaban J connectivity index is 1.82. The summed E-state index contributed by atoms with van der Waals surface area (Å²) < 4.78 is 53.2. The maximum atomic E-state index is 13.7. The summed E-state index contributed by atoms with van der Waals surface area (Å²) in [6, 6.07) is 7.06. The first-order valence-corrected chi connectivity index (χ1v) is 13.3. The molecule has 0 aliphatic rings. The van der Waals surface area contributed by atoms with Crippen molar-refractivity contribution in [1.29, 1.82) is 0 Å². The molecule has 206 valence electrons. The van der Waals surface area contributed by atoms with Crippen molar-refractivity contribution in [3.8, 4) is 34.5 Å². The number of methoxy groups -OCH3 is 4. The molecule has 0 fully saturated rings. The van der Waals surface area contributed by atoms with Crippen molar-refractivity contribution in [1.82, 2.24) is 29.7 Å². The van der Waals surface area contributed by atoms with Crippen LogP contribution in [-0.4, -0.2) is 71.8 Å². The number of nitrogens with one attached hydrogen (secondary N) is 1. The third kappa shape index (κ3) is 5.61. The summed E-state index contributed by atoms with van der Waals surface area (Å²) in [5.41, 5.74) is 2.21. The highest BCUT2D eigenvalue weighted by Crippen LogP contribution is 2.38. The normalized spacial score (nSPS) is 13.0. The molecule has 0 aliphatic heterocycles. The van der Waals surface area contributed by atoms with E-state index in [4.69, 9.17) is 18.9 Å². The molecule has 14 heteroatoms. The van der Waals surface area contributed by atoms with Gasteiger partial charge >= 0.3 is 0 Å². The van der Waals surface area contributed by atoms with Crippen molar-refractivity contribution >= 4 is 16.0 Å². The Hall–Kier alpha value is -4.30. The molecule has 0 saturated carbocycles. The van der Waals surface area contributed by atoms with Crippen LogP contribution in [0.1, 0.15) is 24.3 Å². The molecule has 0 amide bonds. The largest absolute Gasteiger partial charge is 0.494 e. The standard InChI is InChI=1S/C25H29N7O6S/c1-15-10-17(12-26-11-15)24-29-30-25(32(24)22-19(35-3)8-7-9-20(22)36-4)31-39(33,34)16(2)23(38-6)18-13-28-21(37-5)14-27-18/h7-14,16,23H,1-6H3,(H,30,31)/t16?,23-/m1/s1. The van der Waals surface area contributed by atoms with Gasteiger partial charge in [-0.2, -0.15) is 0 Å². The fraction of sp³-hybridized carbons (Fsp3) is 0.320. The molecule has 2 atom stereocenters. The second-order valence-electron chi connectivity index (χ2n) is 8.44. The Morgan fingerprint density at radius 2 is 1.64 bits per heavy atom. The Kier molecular flexibility index (Phi) is 8.26. The zero-order valence-electron chi connectivity index (χ0n) is 22.3. The number of sulfonamides is 1. The molecule has 39 heavy (non-hydrogen) atoms. The lowest BCUT2D eigenvalue weighted by atomic mass is 10.2. The average Bonchev–Trinajstić information content (AvgIpc) is 3.35. The minimum atomic E-state index is -4.13. The molecule has 4 rings (SSSR count). The molecule has 0 spiro atoms. The fourth-order valence-corrected chi connectivity index (χ4v) is 5.14. The van der Waals surface area contributed by atoms with E-state index in [0.29, 0.717) is 40.1 Å². The number of rotatable bonds is 11. The lowest BCUT2D eigenvalue weighted by Gasteiger charge is -2.23. The molecule has 1 aromatic carbocycles. The fourth-order valence-electron chi connectivity index (χ4n) is 3.99. The van der Waals surface area contributed by atoms with Gasteiger partial charge in [0.05, 0.1) is 39.4 Å². The van der Waals surface area contributed by atoms with Crippen molar-refractivity contribution in [2.45, 2.75) is 25.2 Å². The highest BCUT2D eigenvalue weighted by atomic mass is 32.2. The van der Waals surface area contributed by atoms with Crippen LogP contribution in [0.4, 0.5) is 5.95 Å². The second-order valence-corrected chi connectivity index (χ2v) is 10.5. The van der Waals surface area contributed by atoms with Crippen molar-refractivity contribution in [3.63, 3.8) is 0 Å². The molecule has 0 bridgehead atoms. The number of ether oxygens (including phenoxy) is 4. The van der Waals surface area contributed by atoms with Gasteiger partial charge in [0, 0.05) is 25.1 Å². The summed E-state index contributed by atoms with van der Waals surface area (Å²) in [6.07, 6.45) is 5.16. The van der Waals surface area contributed by atoms with E-state index in [0.717, 1.165) is 5.56 Å². The molecular formula is C25H29N7O6S. The van der Waals surface area contributed by atoms with Crippen LogP contribution in [0, 0.1) is 6.92 Å². The Labute approximate surface area is 226 Å². The summed E-state index contributed by atoms with van der Waals surface area (Å²) in [5.74, 6) is 1.35. The lowest BCUT2D eigenvalue weighted by Crippen LogP contribution is -2.33. The summed E-state index contributed by atoms with van der Waals surface area (Å²) in [5, 5.41) is 7.39. The predicted octanol–water partition coefficient (Wildman–Crippen LogP) is 2.97. The van der Waals surface area contributed by atoms with Crippen LogP contribution in [0.15, 0.2) is 49.1 Å². The van der Waals surface area contributed by atoms with Crippen molar-refractivity contribution < 1.29 is 27.4 Å². The molecule has 3 aromatic heterocycles. The van der Waals surface area contributed by atoms with Crippen LogP contribution in [0.25, 0.3) is 17.1 Å². The minimum absolute atomic E-state index is 0.0863. The van der Waals surface area contributed by atoms with Gasteiger partial charge in [-0.05, 0) is 37.6 Å². The van der Waals surface area contributed by atoms with E-state index in [-0.39, 0.29) is 5.95 Å². The number of aromatic nitrogens is 6. The number of nitrogens with zero attached hydrogens (tertiary/aromatic N) is 6. The van der Waals surface area contributed by atoms with Gasteiger partial charge in [0.25, 0.3) is 0 Å². The molecule has 0 radical (unpaired) electrons. The minimum Gasteiger partial charge on any atom is -0.494 e. The quantitative estimate of drug-likeness (QED) is 0.291. The third-order valence-electron chi connectivity index (χ3n) is 5.97. The summed E-state index contributed by atoms with van der Waals surface area (Å²) in [6.45, 7) is 3.39. The van der Waals surface area contributed by atoms with Gasteiger partial charge in [-0.3, -0.25) is 19.3 Å². The molecule has 3 heterocycles. The van der Waals surface area contributed by atoms with Crippen molar-refractivity contribution in [2.24, 2.45) is 0 Å². The van der Waals surface area contributed by atoms with Crippen molar-refractivity contribution in [3.05, 3.63) is 60.3 Å². The molecular weight excluding hydrogens is 526 g/mol. The smallest absolute Gasteiger partial charge is 0.243 e. The van der Waals surface area contributed by atoms with E-state index < -0.39 is 21.4 Å². The zero-order chi connectivity index (χ0) is 28.2. The molecule has 13 nitrogen and oxygen atoms in total. The number of hydrogen-bond acceptors (Lipinski definition) is 11. The summed E-state index contributed by atoms with van der Waals surface area (Å²) in [4.78, 5) is 12.6. The van der Waals surface area contributed by atoms with Crippen LogP contribution in [0.5, 0.6) is 17.4 Å². The Morgan fingerprint density at radius 3 is 2.21 bits per heavy atom. The predicted molar refractivity (Wildman–Crippen MR) is 143 cm³/mol. The Morgan fingerprint density at radius 1 is 0.923 bits per heavy atom. The number of benzene rings is 1. The number of pyridine rings is 1. The van der Waals surface area contributed by atoms with Gasteiger partial charge in [-0.25, -0.2) is 13.4 Å². The number of hydrogen-bond donors (Lipinski definition) is 1. The van der Waals surface area contributed by atoms with E-state index in [1.165, 1.54) is 52.3 Å². The topological polar surface area (TPSA) is 152 Å². The SMILES string of the molecule is COc1cnc([C@H](OC)C(C)S(=O)(=O)Nc2nnc(-c3cncc(C)c3)n2-c2c(OC)cccc2OC)cn1. The lowest BCUT2D eigenvalue weighted by molar-refractivity contribution is 0.0984. The summed E-state index contributed by atoms with van der Waals surface area (Å²) in [7, 11) is 1.73. The number of aryl methyl sites for hydroxylation is 1. The first-order chi connectivity index (χ1) is 18.7.